The fourth-order valence-corrected chi connectivity index (χ4v) is 3.73. The first-order valence-electron chi connectivity index (χ1n) is 9.09. The summed E-state index contributed by atoms with van der Waals surface area (Å²) in [6.07, 6.45) is 5.35. The summed E-state index contributed by atoms with van der Waals surface area (Å²) in [5.41, 5.74) is 1.03. The van der Waals surface area contributed by atoms with E-state index in [2.05, 4.69) is 19.7 Å². The van der Waals surface area contributed by atoms with Crippen LogP contribution >= 0.6 is 11.6 Å². The summed E-state index contributed by atoms with van der Waals surface area (Å²) in [5.74, 6) is 2.91. The van der Waals surface area contributed by atoms with Gasteiger partial charge in [0.1, 0.15) is 23.5 Å². The molecule has 0 amide bonds. The molecule has 1 saturated carbocycles. The number of hydrogen-bond acceptors (Lipinski definition) is 5. The molecule has 2 heterocycles. The Kier molecular flexibility index (Phi) is 4.99. The van der Waals surface area contributed by atoms with E-state index in [1.165, 1.54) is 6.20 Å². The zero-order chi connectivity index (χ0) is 18.8. The lowest BCUT2D eigenvalue weighted by molar-refractivity contribution is 0.138. The first-order valence-corrected chi connectivity index (χ1v) is 9.47. The van der Waals surface area contributed by atoms with Gasteiger partial charge in [-0.25, -0.2) is 4.98 Å². The number of pyridine rings is 1. The molecule has 1 aliphatic carbocycles. The highest BCUT2D eigenvalue weighted by Gasteiger charge is 2.28. The molecule has 0 bridgehead atoms. The van der Waals surface area contributed by atoms with Gasteiger partial charge in [0.05, 0.1) is 6.20 Å². The van der Waals surface area contributed by atoms with E-state index in [0.717, 1.165) is 43.0 Å². The number of aromatic nitrogens is 4. The van der Waals surface area contributed by atoms with Crippen LogP contribution in [0.1, 0.15) is 43.3 Å². The van der Waals surface area contributed by atoms with Crippen molar-refractivity contribution < 1.29 is 9.84 Å². The third-order valence-corrected chi connectivity index (χ3v) is 5.23. The Morgan fingerprint density at radius 2 is 1.78 bits per heavy atom. The van der Waals surface area contributed by atoms with Crippen molar-refractivity contribution in [2.75, 3.05) is 0 Å². The molecule has 0 atom stereocenters. The van der Waals surface area contributed by atoms with Gasteiger partial charge in [-0.2, -0.15) is 0 Å². The van der Waals surface area contributed by atoms with Crippen LogP contribution in [-0.2, 0) is 0 Å². The lowest BCUT2D eigenvalue weighted by atomic mass is 9.86. The number of aromatic hydroxyl groups is 1. The maximum atomic E-state index is 9.32. The highest BCUT2D eigenvalue weighted by molar-refractivity contribution is 6.30. The summed E-state index contributed by atoms with van der Waals surface area (Å²) in [5, 5.41) is 18.8. The van der Waals surface area contributed by atoms with E-state index in [1.807, 2.05) is 31.2 Å². The van der Waals surface area contributed by atoms with Gasteiger partial charge >= 0.3 is 0 Å². The van der Waals surface area contributed by atoms with Crippen LogP contribution in [0.15, 0.2) is 42.6 Å². The Labute approximate surface area is 162 Å². The van der Waals surface area contributed by atoms with E-state index >= 15 is 0 Å². The topological polar surface area (TPSA) is 73.1 Å². The molecule has 27 heavy (non-hydrogen) atoms. The molecule has 0 saturated heterocycles. The molecular formula is C20H21ClN4O2. The number of aryl methyl sites for hydroxylation is 1. The number of nitrogens with zero attached hydrogens (tertiary/aromatic N) is 4. The highest BCUT2D eigenvalue weighted by Crippen LogP contribution is 2.35. The molecule has 0 spiro atoms. The van der Waals surface area contributed by atoms with Crippen molar-refractivity contribution in [1.82, 2.24) is 19.7 Å². The van der Waals surface area contributed by atoms with E-state index in [0.29, 0.717) is 16.8 Å². The van der Waals surface area contributed by atoms with Crippen LogP contribution in [0.3, 0.4) is 0 Å². The minimum Gasteiger partial charge on any atom is -0.506 e. The number of halogens is 1. The first kappa shape index (κ1) is 17.8. The Bertz CT molecular complexity index is 901. The smallest absolute Gasteiger partial charge is 0.213 e. The molecule has 3 aromatic rings. The van der Waals surface area contributed by atoms with E-state index in [1.54, 1.807) is 12.1 Å². The summed E-state index contributed by atoms with van der Waals surface area (Å²) in [6, 6.07) is 11.0. The average Bonchev–Trinajstić information content (AvgIpc) is 3.06. The van der Waals surface area contributed by atoms with Gasteiger partial charge in [-0.1, -0.05) is 11.6 Å². The lowest BCUT2D eigenvalue weighted by Crippen LogP contribution is -2.25. The Balaban J connectivity index is 1.45. The van der Waals surface area contributed by atoms with Gasteiger partial charge in [-0.3, -0.25) is 4.57 Å². The van der Waals surface area contributed by atoms with Crippen LogP contribution in [-0.4, -0.2) is 31.0 Å². The lowest BCUT2D eigenvalue weighted by Gasteiger charge is -2.28. The van der Waals surface area contributed by atoms with Crippen molar-refractivity contribution in [2.45, 2.75) is 44.6 Å². The molecule has 0 aliphatic heterocycles. The summed E-state index contributed by atoms with van der Waals surface area (Å²) in [7, 11) is 0. The number of rotatable bonds is 4. The largest absolute Gasteiger partial charge is 0.506 e. The third kappa shape index (κ3) is 3.90. The fourth-order valence-electron chi connectivity index (χ4n) is 3.60. The molecule has 7 heteroatoms. The Morgan fingerprint density at radius 3 is 2.44 bits per heavy atom. The molecule has 0 unspecified atom stereocenters. The van der Waals surface area contributed by atoms with Crippen molar-refractivity contribution in [3.05, 3.63) is 59.3 Å². The Hall–Kier alpha value is -2.60. The van der Waals surface area contributed by atoms with E-state index in [-0.39, 0.29) is 11.9 Å². The molecule has 1 aliphatic rings. The zero-order valence-corrected chi connectivity index (χ0v) is 15.8. The molecule has 1 aromatic carbocycles. The van der Waals surface area contributed by atoms with Crippen LogP contribution < -0.4 is 4.74 Å². The summed E-state index contributed by atoms with van der Waals surface area (Å²) >= 11 is 6.02. The van der Waals surface area contributed by atoms with Crippen LogP contribution in [0.4, 0.5) is 0 Å². The Morgan fingerprint density at radius 1 is 1.04 bits per heavy atom. The van der Waals surface area contributed by atoms with Crippen molar-refractivity contribution in [3.63, 3.8) is 0 Å². The maximum absolute atomic E-state index is 9.32. The summed E-state index contributed by atoms with van der Waals surface area (Å²) < 4.78 is 8.06. The number of benzene rings is 1. The monoisotopic (exact) mass is 384 g/mol. The minimum atomic E-state index is 0.131. The van der Waals surface area contributed by atoms with Crippen LogP contribution in [0, 0.1) is 6.92 Å². The minimum absolute atomic E-state index is 0.131. The highest BCUT2D eigenvalue weighted by atomic mass is 35.5. The van der Waals surface area contributed by atoms with Crippen molar-refractivity contribution in [3.8, 4) is 17.3 Å². The molecule has 140 valence electrons. The SMILES string of the molecule is Cc1nnc(C2CCC(Oc3ccc(O)cn3)CC2)n1-c1ccc(Cl)cc1. The van der Waals surface area contributed by atoms with Gasteiger partial charge in [-0.15, -0.1) is 10.2 Å². The van der Waals surface area contributed by atoms with Crippen LogP contribution in [0.2, 0.25) is 5.02 Å². The summed E-state index contributed by atoms with van der Waals surface area (Å²) in [4.78, 5) is 4.10. The zero-order valence-electron chi connectivity index (χ0n) is 15.0. The molecule has 1 N–H and O–H groups in total. The van der Waals surface area contributed by atoms with Gasteiger partial charge in [-0.05, 0) is 62.9 Å². The maximum Gasteiger partial charge on any atom is 0.213 e. The number of ether oxygens (including phenoxy) is 1. The molecule has 6 nitrogen and oxygen atoms in total. The van der Waals surface area contributed by atoms with Crippen molar-refractivity contribution in [1.29, 1.82) is 0 Å². The second-order valence-corrected chi connectivity index (χ2v) is 7.30. The third-order valence-electron chi connectivity index (χ3n) is 4.98. The average molecular weight is 385 g/mol. The molecule has 0 radical (unpaired) electrons. The standard InChI is InChI=1S/C20H21ClN4O2/c1-13-23-24-20(25(13)16-6-4-15(21)5-7-16)14-2-9-18(10-3-14)27-19-11-8-17(26)12-22-19/h4-8,11-12,14,18,26H,2-3,9-10H2,1H3. The fraction of sp³-hybridized carbons (Fsp3) is 0.350. The second-order valence-electron chi connectivity index (χ2n) is 6.86. The molecular weight excluding hydrogens is 364 g/mol. The predicted octanol–water partition coefficient (Wildman–Crippen LogP) is 4.43. The predicted molar refractivity (Wildman–Crippen MR) is 103 cm³/mol. The van der Waals surface area contributed by atoms with Gasteiger partial charge in [0, 0.05) is 22.7 Å². The van der Waals surface area contributed by atoms with Crippen molar-refractivity contribution >= 4 is 11.6 Å². The van der Waals surface area contributed by atoms with E-state index in [4.69, 9.17) is 16.3 Å². The molecule has 2 aromatic heterocycles. The van der Waals surface area contributed by atoms with Gasteiger partial charge in [0.2, 0.25) is 5.88 Å². The van der Waals surface area contributed by atoms with Gasteiger partial charge < -0.3 is 9.84 Å². The number of hydrogen-bond donors (Lipinski definition) is 1. The first-order chi connectivity index (χ1) is 13.1. The van der Waals surface area contributed by atoms with E-state index < -0.39 is 0 Å². The molecule has 1 fully saturated rings. The summed E-state index contributed by atoms with van der Waals surface area (Å²) in [6.45, 7) is 1.97. The molecule has 4 rings (SSSR count). The van der Waals surface area contributed by atoms with Crippen LogP contribution in [0.5, 0.6) is 11.6 Å². The van der Waals surface area contributed by atoms with Gasteiger partial charge in [0.15, 0.2) is 0 Å². The normalized spacial score (nSPS) is 19.8. The van der Waals surface area contributed by atoms with Crippen LogP contribution in [0.25, 0.3) is 5.69 Å². The van der Waals surface area contributed by atoms with Crippen molar-refractivity contribution in [2.24, 2.45) is 0 Å². The van der Waals surface area contributed by atoms with E-state index in [9.17, 15) is 5.11 Å². The second kappa shape index (κ2) is 7.56. The quantitative estimate of drug-likeness (QED) is 0.720. The van der Waals surface area contributed by atoms with Gasteiger partial charge in [0.25, 0.3) is 0 Å².